The number of rotatable bonds is 9. The Hall–Kier alpha value is -1.80. The summed E-state index contributed by atoms with van der Waals surface area (Å²) >= 11 is -2.77. The molecule has 2 rings (SSSR count). The van der Waals surface area contributed by atoms with Crippen LogP contribution >= 0.6 is 0 Å². The third kappa shape index (κ3) is 4.24. The Balaban J connectivity index is 2.78. The van der Waals surface area contributed by atoms with Crippen molar-refractivity contribution in [1.29, 1.82) is 0 Å². The molecule has 0 nitrogen and oxygen atoms in total. The van der Waals surface area contributed by atoms with Gasteiger partial charge in [0.2, 0.25) is 0 Å². The monoisotopic (exact) mass is 436 g/mol. The summed E-state index contributed by atoms with van der Waals surface area (Å²) in [5, 5.41) is 0. The van der Waals surface area contributed by atoms with E-state index in [2.05, 4.69) is 100.0 Å². The van der Waals surface area contributed by atoms with E-state index in [-0.39, 0.29) is 0 Å². The third-order valence-corrected chi connectivity index (χ3v) is 18.4. The van der Waals surface area contributed by atoms with E-state index in [0.29, 0.717) is 0 Å². The van der Waals surface area contributed by atoms with Crippen molar-refractivity contribution < 1.29 is 0 Å². The van der Waals surface area contributed by atoms with Crippen LogP contribution in [0.25, 0.3) is 16.7 Å². The van der Waals surface area contributed by atoms with E-state index < -0.39 is 18.4 Å². The maximum absolute atomic E-state index is 4.32. The minimum absolute atomic E-state index is 1.09. The molecule has 0 heterocycles. The average molecular weight is 435 g/mol. The topological polar surface area (TPSA) is 0 Å². The summed E-state index contributed by atoms with van der Waals surface area (Å²) in [6, 6.07) is 17.3. The molecule has 128 valence electrons. The summed E-state index contributed by atoms with van der Waals surface area (Å²) in [4.78, 5) is 0. The van der Waals surface area contributed by atoms with Gasteiger partial charge in [0.25, 0.3) is 0 Å². The SMILES string of the molecule is C=C[CH2][Sn]([CH2]C=C)([CH2]C=C)[c]1cccc(-c2ccccc2)c1C(=C)C. The second kappa shape index (κ2) is 9.05. The van der Waals surface area contributed by atoms with Gasteiger partial charge in [-0.05, 0) is 0 Å². The molecule has 0 atom stereocenters. The number of benzene rings is 2. The van der Waals surface area contributed by atoms with Gasteiger partial charge in [0, 0.05) is 0 Å². The molecular formula is C24H28Sn. The van der Waals surface area contributed by atoms with Crippen LogP contribution in [0.15, 0.2) is 93.1 Å². The molecule has 2 aromatic carbocycles. The van der Waals surface area contributed by atoms with Crippen molar-refractivity contribution in [3.05, 3.63) is 98.6 Å². The Labute approximate surface area is 157 Å². The molecule has 0 saturated carbocycles. The Morgan fingerprint density at radius 3 is 1.88 bits per heavy atom. The molecule has 0 bridgehead atoms. The predicted octanol–water partition coefficient (Wildman–Crippen LogP) is 6.60. The van der Waals surface area contributed by atoms with E-state index in [4.69, 9.17) is 0 Å². The molecule has 0 aliphatic carbocycles. The van der Waals surface area contributed by atoms with Gasteiger partial charge >= 0.3 is 158 Å². The van der Waals surface area contributed by atoms with Crippen molar-refractivity contribution in [2.45, 2.75) is 20.2 Å². The van der Waals surface area contributed by atoms with Crippen molar-refractivity contribution in [3.63, 3.8) is 0 Å². The standard InChI is InChI=1S/C15H13.3C3H5.Sn/c1-12(2)14-10-6-7-11-15(14)13-8-4-3-5-9-13;3*1-3-2;/h3-9,11H,1H2,2H3;3*3H,1-2H2;. The van der Waals surface area contributed by atoms with E-state index in [1.54, 1.807) is 0 Å². The van der Waals surface area contributed by atoms with Gasteiger partial charge in [-0.15, -0.1) is 0 Å². The van der Waals surface area contributed by atoms with Gasteiger partial charge in [0.1, 0.15) is 0 Å². The maximum atomic E-state index is 4.32. The molecule has 0 amide bonds. The first-order valence-corrected chi connectivity index (χ1v) is 16.2. The van der Waals surface area contributed by atoms with Crippen molar-refractivity contribution in [3.8, 4) is 11.1 Å². The first-order chi connectivity index (χ1) is 12.1. The van der Waals surface area contributed by atoms with E-state index in [1.807, 2.05) is 0 Å². The van der Waals surface area contributed by atoms with Crippen LogP contribution < -0.4 is 3.58 Å². The Bertz CT molecular complexity index is 741. The predicted molar refractivity (Wildman–Crippen MR) is 117 cm³/mol. The van der Waals surface area contributed by atoms with Crippen LogP contribution in [0.3, 0.4) is 0 Å². The first-order valence-electron chi connectivity index (χ1n) is 8.77. The molecule has 2 aromatic rings. The molecular weight excluding hydrogens is 407 g/mol. The molecule has 0 aliphatic rings. The molecule has 25 heavy (non-hydrogen) atoms. The molecule has 0 radical (unpaired) electrons. The second-order valence-corrected chi connectivity index (χ2v) is 19.0. The summed E-state index contributed by atoms with van der Waals surface area (Å²) in [5.74, 6) is 0. The zero-order chi connectivity index (χ0) is 18.3. The number of hydrogen-bond acceptors (Lipinski definition) is 0. The molecule has 0 N–H and O–H groups in total. The molecule has 1 heteroatoms. The fourth-order valence-corrected chi connectivity index (χ4v) is 15.6. The van der Waals surface area contributed by atoms with Crippen LogP contribution in [0.2, 0.25) is 13.3 Å². The minimum atomic E-state index is -2.77. The summed E-state index contributed by atoms with van der Waals surface area (Å²) in [6.07, 6.45) is 6.29. The summed E-state index contributed by atoms with van der Waals surface area (Å²) in [5.41, 5.74) is 4.99. The van der Waals surface area contributed by atoms with Crippen LogP contribution in [0.4, 0.5) is 0 Å². The van der Waals surface area contributed by atoms with Gasteiger partial charge in [-0.3, -0.25) is 0 Å². The summed E-state index contributed by atoms with van der Waals surface area (Å²) in [7, 11) is 0. The van der Waals surface area contributed by atoms with Crippen molar-refractivity contribution in [1.82, 2.24) is 0 Å². The number of allylic oxidation sites excluding steroid dienone is 4. The van der Waals surface area contributed by atoms with E-state index >= 15 is 0 Å². The van der Waals surface area contributed by atoms with Gasteiger partial charge in [-0.25, -0.2) is 0 Å². The zero-order valence-corrected chi connectivity index (χ0v) is 18.2. The molecule has 0 aliphatic heterocycles. The number of hydrogen-bond donors (Lipinski definition) is 0. The summed E-state index contributed by atoms with van der Waals surface area (Å²) < 4.78 is 4.78. The van der Waals surface area contributed by atoms with E-state index in [1.165, 1.54) is 20.3 Å². The van der Waals surface area contributed by atoms with Crippen molar-refractivity contribution >= 4 is 27.5 Å². The Morgan fingerprint density at radius 1 is 0.840 bits per heavy atom. The normalized spacial score (nSPS) is 10.9. The summed E-state index contributed by atoms with van der Waals surface area (Å²) in [6.45, 7) is 18.6. The quantitative estimate of drug-likeness (QED) is 0.308. The van der Waals surface area contributed by atoms with Gasteiger partial charge in [-0.1, -0.05) is 0 Å². The van der Waals surface area contributed by atoms with Crippen LogP contribution in [0, 0.1) is 0 Å². The van der Waals surface area contributed by atoms with Crippen LogP contribution in [-0.2, 0) is 0 Å². The fraction of sp³-hybridized carbons (Fsp3) is 0.167. The van der Waals surface area contributed by atoms with Gasteiger partial charge in [0.15, 0.2) is 0 Å². The van der Waals surface area contributed by atoms with Gasteiger partial charge in [0.05, 0.1) is 0 Å². The van der Waals surface area contributed by atoms with Crippen LogP contribution in [-0.4, -0.2) is 18.4 Å². The Kier molecular flexibility index (Phi) is 7.07. The van der Waals surface area contributed by atoms with Crippen LogP contribution in [0.5, 0.6) is 0 Å². The molecule has 0 spiro atoms. The van der Waals surface area contributed by atoms with E-state index in [0.717, 1.165) is 18.9 Å². The third-order valence-electron chi connectivity index (χ3n) is 4.75. The van der Waals surface area contributed by atoms with Gasteiger partial charge in [-0.2, -0.15) is 0 Å². The molecule has 0 aromatic heterocycles. The zero-order valence-electron chi connectivity index (χ0n) is 15.3. The molecule has 0 saturated heterocycles. The van der Waals surface area contributed by atoms with E-state index in [9.17, 15) is 0 Å². The van der Waals surface area contributed by atoms with Crippen molar-refractivity contribution in [2.24, 2.45) is 0 Å². The fourth-order valence-electron chi connectivity index (χ4n) is 3.72. The molecule has 0 fully saturated rings. The van der Waals surface area contributed by atoms with Crippen molar-refractivity contribution in [2.75, 3.05) is 0 Å². The van der Waals surface area contributed by atoms with Crippen LogP contribution in [0.1, 0.15) is 12.5 Å². The average Bonchev–Trinajstić information content (AvgIpc) is 2.62. The van der Waals surface area contributed by atoms with Gasteiger partial charge < -0.3 is 0 Å². The first kappa shape index (κ1) is 19.5. The molecule has 0 unspecified atom stereocenters. The Morgan fingerprint density at radius 2 is 1.40 bits per heavy atom. The second-order valence-electron chi connectivity index (χ2n) is 6.63.